The zero-order chi connectivity index (χ0) is 18.1. The Bertz CT molecular complexity index is 1090. The first-order chi connectivity index (χ1) is 12.6. The molecule has 1 amide bonds. The van der Waals surface area contributed by atoms with Crippen LogP contribution in [-0.2, 0) is 0 Å². The number of carbonyl (C=O) groups is 1. The third kappa shape index (κ3) is 3.34. The predicted molar refractivity (Wildman–Crippen MR) is 112 cm³/mol. The van der Waals surface area contributed by atoms with E-state index in [-0.39, 0.29) is 5.91 Å². The number of nitrogens with one attached hydrogen (secondary N) is 1. The summed E-state index contributed by atoms with van der Waals surface area (Å²) in [6.45, 7) is 0. The van der Waals surface area contributed by atoms with E-state index < -0.39 is 0 Å². The van der Waals surface area contributed by atoms with E-state index in [4.69, 9.17) is 5.73 Å². The highest BCUT2D eigenvalue weighted by atomic mass is 79.9. The third-order valence-corrected chi connectivity index (χ3v) is 5.41. The Morgan fingerprint density at radius 3 is 2.42 bits per heavy atom. The summed E-state index contributed by atoms with van der Waals surface area (Å²) in [6.07, 6.45) is 0. The molecule has 4 nitrogen and oxygen atoms in total. The lowest BCUT2D eigenvalue weighted by Gasteiger charge is -2.07. The molecular weight excluding hydrogens is 410 g/mol. The molecule has 0 saturated heterocycles. The summed E-state index contributed by atoms with van der Waals surface area (Å²) in [6, 6.07) is 21.3. The Morgan fingerprint density at radius 2 is 1.69 bits per heavy atom. The van der Waals surface area contributed by atoms with Crippen molar-refractivity contribution in [3.05, 3.63) is 76.8 Å². The van der Waals surface area contributed by atoms with E-state index >= 15 is 0 Å². The summed E-state index contributed by atoms with van der Waals surface area (Å²) in [5.74, 6) is -0.159. The zero-order valence-electron chi connectivity index (χ0n) is 13.6. The fraction of sp³-hybridized carbons (Fsp3) is 0. The quantitative estimate of drug-likeness (QED) is 0.453. The average molecular weight is 424 g/mol. The first-order valence-corrected chi connectivity index (χ1v) is 9.53. The van der Waals surface area contributed by atoms with Crippen LogP contribution in [0.25, 0.3) is 21.3 Å². The Labute approximate surface area is 162 Å². The van der Waals surface area contributed by atoms with Crippen LogP contribution in [0.2, 0.25) is 0 Å². The van der Waals surface area contributed by atoms with E-state index in [9.17, 15) is 4.79 Å². The summed E-state index contributed by atoms with van der Waals surface area (Å²) in [4.78, 5) is 16.8. The molecule has 6 heteroatoms. The number of amides is 1. The second-order valence-corrected chi connectivity index (χ2v) is 7.67. The molecule has 0 atom stereocenters. The molecule has 3 aromatic carbocycles. The molecule has 4 aromatic rings. The molecule has 0 aliphatic carbocycles. The van der Waals surface area contributed by atoms with E-state index in [1.165, 1.54) is 11.3 Å². The van der Waals surface area contributed by atoms with Gasteiger partial charge in [0.1, 0.15) is 0 Å². The van der Waals surface area contributed by atoms with Gasteiger partial charge in [0, 0.05) is 15.7 Å². The van der Waals surface area contributed by atoms with Gasteiger partial charge >= 0.3 is 0 Å². The van der Waals surface area contributed by atoms with Crippen molar-refractivity contribution in [3.8, 4) is 11.1 Å². The Kier molecular flexibility index (Phi) is 4.44. The van der Waals surface area contributed by atoms with Crippen LogP contribution in [0.4, 0.5) is 10.8 Å². The summed E-state index contributed by atoms with van der Waals surface area (Å²) in [5, 5.41) is 3.43. The van der Waals surface area contributed by atoms with Crippen LogP contribution in [0.5, 0.6) is 0 Å². The number of aromatic nitrogens is 1. The summed E-state index contributed by atoms with van der Waals surface area (Å²) >= 11 is 4.87. The van der Waals surface area contributed by atoms with Gasteiger partial charge in [-0.15, -0.1) is 0 Å². The van der Waals surface area contributed by atoms with Crippen molar-refractivity contribution in [3.63, 3.8) is 0 Å². The summed E-state index contributed by atoms with van der Waals surface area (Å²) < 4.78 is 1.73. The third-order valence-electron chi connectivity index (χ3n) is 3.98. The second-order valence-electron chi connectivity index (χ2n) is 5.75. The Hall–Kier alpha value is -2.70. The van der Waals surface area contributed by atoms with Crippen LogP contribution in [-0.4, -0.2) is 10.9 Å². The molecule has 26 heavy (non-hydrogen) atoms. The van der Waals surface area contributed by atoms with Crippen LogP contribution in [0.1, 0.15) is 10.4 Å². The molecule has 128 valence electrons. The fourth-order valence-corrected chi connectivity index (χ4v) is 4.21. The van der Waals surface area contributed by atoms with Crippen molar-refractivity contribution in [1.29, 1.82) is 0 Å². The van der Waals surface area contributed by atoms with Gasteiger partial charge in [0.15, 0.2) is 5.13 Å². The lowest BCUT2D eigenvalue weighted by atomic mass is 10.0. The number of nitrogens with two attached hydrogens (primary N) is 1. The number of anilines is 2. The minimum Gasteiger partial charge on any atom is -0.375 e. The van der Waals surface area contributed by atoms with Crippen molar-refractivity contribution >= 4 is 54.2 Å². The van der Waals surface area contributed by atoms with Crippen LogP contribution in [0.3, 0.4) is 0 Å². The van der Waals surface area contributed by atoms with Gasteiger partial charge in [0.2, 0.25) is 0 Å². The maximum atomic E-state index is 12.6. The maximum Gasteiger partial charge on any atom is 0.255 e. The Morgan fingerprint density at radius 1 is 1.00 bits per heavy atom. The van der Waals surface area contributed by atoms with E-state index in [0.29, 0.717) is 16.4 Å². The highest BCUT2D eigenvalue weighted by Crippen LogP contribution is 2.33. The van der Waals surface area contributed by atoms with Crippen molar-refractivity contribution in [2.75, 3.05) is 11.1 Å². The number of hydrogen-bond acceptors (Lipinski definition) is 4. The van der Waals surface area contributed by atoms with E-state index in [0.717, 1.165) is 25.8 Å². The van der Waals surface area contributed by atoms with Crippen molar-refractivity contribution in [2.45, 2.75) is 0 Å². The molecule has 0 spiro atoms. The maximum absolute atomic E-state index is 12.6. The number of nitrogens with zero attached hydrogens (tertiary/aromatic N) is 1. The fourth-order valence-electron chi connectivity index (χ4n) is 2.73. The minimum absolute atomic E-state index is 0.159. The molecule has 1 heterocycles. The number of fused-ring (bicyclic) bond motifs is 1. The number of halogens is 1. The van der Waals surface area contributed by atoms with Gasteiger partial charge in [0.25, 0.3) is 5.91 Å². The molecular formula is C20H14BrN3OS. The van der Waals surface area contributed by atoms with Crippen molar-refractivity contribution < 1.29 is 4.79 Å². The lowest BCUT2D eigenvalue weighted by molar-refractivity contribution is 0.102. The first-order valence-electron chi connectivity index (χ1n) is 7.92. The van der Waals surface area contributed by atoms with Gasteiger partial charge in [0.05, 0.1) is 10.2 Å². The average Bonchev–Trinajstić information content (AvgIpc) is 3.03. The first kappa shape index (κ1) is 16.8. The number of benzene rings is 3. The van der Waals surface area contributed by atoms with Gasteiger partial charge < -0.3 is 11.1 Å². The monoisotopic (exact) mass is 423 g/mol. The molecule has 0 fully saturated rings. The topological polar surface area (TPSA) is 68.0 Å². The largest absolute Gasteiger partial charge is 0.375 e. The molecule has 1 aromatic heterocycles. The van der Waals surface area contributed by atoms with Crippen molar-refractivity contribution in [1.82, 2.24) is 4.98 Å². The minimum atomic E-state index is -0.159. The number of hydrogen-bond donors (Lipinski definition) is 2. The smallest absolute Gasteiger partial charge is 0.255 e. The number of carbonyl (C=O) groups excluding carboxylic acids is 1. The molecule has 0 aliphatic rings. The number of nitrogen functional groups attached to an aromatic ring is 1. The standard InChI is InChI=1S/C20H14BrN3OS/c21-16-10-15(11-17-18(16)24-20(22)26-17)23-19(25)14-8-6-13(7-9-14)12-4-2-1-3-5-12/h1-11H,(H2,22,24)(H,23,25). The van der Waals surface area contributed by atoms with Gasteiger partial charge in [-0.3, -0.25) is 4.79 Å². The SMILES string of the molecule is Nc1nc2c(Br)cc(NC(=O)c3ccc(-c4ccccc4)cc3)cc2s1. The van der Waals surface area contributed by atoms with Crippen LogP contribution >= 0.6 is 27.3 Å². The Balaban J connectivity index is 1.56. The second kappa shape index (κ2) is 6.90. The summed E-state index contributed by atoms with van der Waals surface area (Å²) in [7, 11) is 0. The number of thiazole rings is 1. The molecule has 0 aliphatic heterocycles. The molecule has 3 N–H and O–H groups in total. The predicted octanol–water partition coefficient (Wildman–Crippen LogP) is 5.56. The number of rotatable bonds is 3. The zero-order valence-corrected chi connectivity index (χ0v) is 16.0. The van der Waals surface area contributed by atoms with E-state index in [1.54, 1.807) is 0 Å². The van der Waals surface area contributed by atoms with E-state index in [2.05, 4.69) is 26.2 Å². The molecule has 4 rings (SSSR count). The van der Waals surface area contributed by atoms with Crippen LogP contribution in [0.15, 0.2) is 71.2 Å². The van der Waals surface area contributed by atoms with Gasteiger partial charge in [-0.2, -0.15) is 0 Å². The molecule has 0 saturated carbocycles. The van der Waals surface area contributed by atoms with E-state index in [1.807, 2.05) is 66.7 Å². The highest BCUT2D eigenvalue weighted by molar-refractivity contribution is 9.10. The van der Waals surface area contributed by atoms with Gasteiger partial charge in [-0.1, -0.05) is 53.8 Å². The van der Waals surface area contributed by atoms with Crippen LogP contribution < -0.4 is 11.1 Å². The van der Waals surface area contributed by atoms with Crippen LogP contribution in [0, 0.1) is 0 Å². The summed E-state index contributed by atoms with van der Waals surface area (Å²) in [5.41, 5.74) is 10.1. The van der Waals surface area contributed by atoms with Gasteiger partial charge in [-0.05, 0) is 51.3 Å². The lowest BCUT2D eigenvalue weighted by Crippen LogP contribution is -2.11. The molecule has 0 radical (unpaired) electrons. The highest BCUT2D eigenvalue weighted by Gasteiger charge is 2.11. The normalized spacial score (nSPS) is 10.8. The molecule has 0 bridgehead atoms. The van der Waals surface area contributed by atoms with Gasteiger partial charge in [-0.25, -0.2) is 4.98 Å². The van der Waals surface area contributed by atoms with Crippen molar-refractivity contribution in [2.24, 2.45) is 0 Å². The molecule has 0 unspecified atom stereocenters.